The van der Waals surface area contributed by atoms with Gasteiger partial charge >= 0.3 is 0 Å². The van der Waals surface area contributed by atoms with Crippen LogP contribution in [0.4, 0.5) is 0 Å². The van der Waals surface area contributed by atoms with Crippen molar-refractivity contribution in [3.05, 3.63) is 28.8 Å². The Hall–Kier alpha value is -1.31. The molecule has 1 fully saturated rings. The van der Waals surface area contributed by atoms with Crippen LogP contribution < -0.4 is 0 Å². The summed E-state index contributed by atoms with van der Waals surface area (Å²) in [5.74, 6) is 0.762. The summed E-state index contributed by atoms with van der Waals surface area (Å²) in [4.78, 5) is 11.8. The van der Waals surface area contributed by atoms with E-state index < -0.39 is 0 Å². The lowest BCUT2D eigenvalue weighted by atomic mass is 9.97. The van der Waals surface area contributed by atoms with Gasteiger partial charge in [0.1, 0.15) is 5.75 Å². The monoisotopic (exact) mass is 190 g/mol. The lowest BCUT2D eigenvalue weighted by Gasteiger charge is -2.08. The summed E-state index contributed by atoms with van der Waals surface area (Å²) in [6.07, 6.45) is 2.05. The van der Waals surface area contributed by atoms with E-state index in [0.29, 0.717) is 0 Å². The highest BCUT2D eigenvalue weighted by molar-refractivity contribution is 6.00. The van der Waals surface area contributed by atoms with Gasteiger partial charge in [0.25, 0.3) is 0 Å². The number of aromatic hydroxyl groups is 1. The van der Waals surface area contributed by atoms with Gasteiger partial charge in [-0.25, -0.2) is 0 Å². The van der Waals surface area contributed by atoms with Crippen molar-refractivity contribution in [2.45, 2.75) is 26.7 Å². The summed E-state index contributed by atoms with van der Waals surface area (Å²) in [6.45, 7) is 3.74. The molecule has 1 N–H and O–H groups in total. The minimum atomic E-state index is 0.241. The zero-order valence-corrected chi connectivity index (χ0v) is 8.50. The van der Waals surface area contributed by atoms with Crippen LogP contribution in [0.1, 0.15) is 34.3 Å². The Morgan fingerprint density at radius 2 is 1.93 bits per heavy atom. The van der Waals surface area contributed by atoms with Crippen LogP contribution in [-0.4, -0.2) is 10.9 Å². The second-order valence-electron chi connectivity index (χ2n) is 4.02. The maximum Gasteiger partial charge on any atom is 0.166 e. The number of Topliss-reactive ketones (excluding diaryl/α,β-unsaturated/α-hetero) is 1. The van der Waals surface area contributed by atoms with Gasteiger partial charge in [0, 0.05) is 11.5 Å². The molecule has 1 aromatic rings. The third kappa shape index (κ3) is 1.41. The van der Waals surface area contributed by atoms with Crippen LogP contribution in [0.15, 0.2) is 12.1 Å². The summed E-state index contributed by atoms with van der Waals surface area (Å²) in [7, 11) is 0. The molecule has 1 aliphatic carbocycles. The van der Waals surface area contributed by atoms with Crippen LogP contribution in [-0.2, 0) is 0 Å². The van der Waals surface area contributed by atoms with Gasteiger partial charge < -0.3 is 5.11 Å². The summed E-state index contributed by atoms with van der Waals surface area (Å²) >= 11 is 0. The molecule has 0 saturated heterocycles. The Balaban J connectivity index is 2.43. The first-order valence-corrected chi connectivity index (χ1v) is 4.94. The number of rotatable bonds is 2. The summed E-state index contributed by atoms with van der Waals surface area (Å²) in [5.41, 5.74) is 2.52. The number of hydrogen-bond acceptors (Lipinski definition) is 2. The highest BCUT2D eigenvalue weighted by Gasteiger charge is 2.31. The topological polar surface area (TPSA) is 37.3 Å². The number of hydrogen-bond donors (Lipinski definition) is 1. The average Bonchev–Trinajstić information content (AvgIpc) is 2.97. The summed E-state index contributed by atoms with van der Waals surface area (Å²) < 4.78 is 0. The minimum absolute atomic E-state index is 0.241. The highest BCUT2D eigenvalue weighted by Crippen LogP contribution is 2.34. The van der Waals surface area contributed by atoms with Crippen LogP contribution in [0.2, 0.25) is 0 Å². The standard InChI is InChI=1S/C12H14O2/c1-7-8(2)11(13)6-5-10(7)12(14)9-3-4-9/h5-6,9,13H,3-4H2,1-2H3. The fourth-order valence-electron chi connectivity index (χ4n) is 1.64. The number of phenolic OH excluding ortho intramolecular Hbond substituents is 1. The van der Waals surface area contributed by atoms with Gasteiger partial charge in [-0.05, 0) is 49.9 Å². The molecular formula is C12H14O2. The first kappa shape index (κ1) is 9.25. The summed E-state index contributed by atoms with van der Waals surface area (Å²) in [5, 5.41) is 9.45. The second kappa shape index (κ2) is 3.12. The Morgan fingerprint density at radius 1 is 1.29 bits per heavy atom. The van der Waals surface area contributed by atoms with Gasteiger partial charge in [-0.2, -0.15) is 0 Å². The first-order valence-electron chi connectivity index (χ1n) is 4.94. The molecule has 1 aliphatic rings. The van der Waals surface area contributed by atoms with E-state index in [0.717, 1.165) is 29.5 Å². The molecule has 0 atom stereocenters. The van der Waals surface area contributed by atoms with E-state index in [2.05, 4.69) is 0 Å². The molecule has 0 unspecified atom stereocenters. The van der Waals surface area contributed by atoms with Crippen molar-refractivity contribution in [3.63, 3.8) is 0 Å². The van der Waals surface area contributed by atoms with Crippen LogP contribution >= 0.6 is 0 Å². The molecule has 2 heteroatoms. The molecular weight excluding hydrogens is 176 g/mol. The van der Waals surface area contributed by atoms with Crippen molar-refractivity contribution in [2.24, 2.45) is 5.92 Å². The van der Waals surface area contributed by atoms with E-state index in [4.69, 9.17) is 0 Å². The Morgan fingerprint density at radius 3 is 2.50 bits per heavy atom. The van der Waals surface area contributed by atoms with Crippen molar-refractivity contribution >= 4 is 5.78 Å². The van der Waals surface area contributed by atoms with E-state index in [1.165, 1.54) is 0 Å². The molecule has 0 aromatic heterocycles. The van der Waals surface area contributed by atoms with Crippen molar-refractivity contribution in [1.82, 2.24) is 0 Å². The van der Waals surface area contributed by atoms with Gasteiger partial charge in [0.15, 0.2) is 5.78 Å². The Bertz CT molecular complexity index is 390. The van der Waals surface area contributed by atoms with Crippen LogP contribution in [0.3, 0.4) is 0 Å². The van der Waals surface area contributed by atoms with Crippen LogP contribution in [0, 0.1) is 19.8 Å². The number of phenols is 1. The molecule has 74 valence electrons. The largest absolute Gasteiger partial charge is 0.508 e. The van der Waals surface area contributed by atoms with Gasteiger partial charge in [-0.15, -0.1) is 0 Å². The molecule has 0 amide bonds. The van der Waals surface area contributed by atoms with Crippen molar-refractivity contribution in [3.8, 4) is 5.75 Å². The lowest BCUT2D eigenvalue weighted by molar-refractivity contribution is 0.0967. The fraction of sp³-hybridized carbons (Fsp3) is 0.417. The summed E-state index contributed by atoms with van der Waals surface area (Å²) in [6, 6.07) is 3.34. The minimum Gasteiger partial charge on any atom is -0.508 e. The highest BCUT2D eigenvalue weighted by atomic mass is 16.3. The van der Waals surface area contributed by atoms with Crippen LogP contribution in [0.5, 0.6) is 5.75 Å². The van der Waals surface area contributed by atoms with E-state index in [1.54, 1.807) is 12.1 Å². The first-order chi connectivity index (χ1) is 6.61. The maximum absolute atomic E-state index is 11.8. The molecule has 0 bridgehead atoms. The molecule has 0 radical (unpaired) electrons. The van der Waals surface area contributed by atoms with Crippen LogP contribution in [0.25, 0.3) is 0 Å². The second-order valence-corrected chi connectivity index (χ2v) is 4.02. The van der Waals surface area contributed by atoms with E-state index in [9.17, 15) is 9.90 Å². The Kier molecular flexibility index (Phi) is 2.06. The fourth-order valence-corrected chi connectivity index (χ4v) is 1.64. The molecule has 0 aliphatic heterocycles. The normalized spacial score (nSPS) is 15.6. The molecule has 2 nitrogen and oxygen atoms in total. The SMILES string of the molecule is Cc1c(O)ccc(C(=O)C2CC2)c1C. The van der Waals surface area contributed by atoms with Crippen molar-refractivity contribution < 1.29 is 9.90 Å². The zero-order chi connectivity index (χ0) is 10.3. The third-order valence-electron chi connectivity index (χ3n) is 2.97. The average molecular weight is 190 g/mol. The predicted octanol–water partition coefficient (Wildman–Crippen LogP) is 2.60. The van der Waals surface area contributed by atoms with Crippen molar-refractivity contribution in [1.29, 1.82) is 0 Å². The maximum atomic E-state index is 11.8. The third-order valence-corrected chi connectivity index (χ3v) is 2.97. The molecule has 1 saturated carbocycles. The van der Waals surface area contributed by atoms with E-state index in [-0.39, 0.29) is 17.5 Å². The zero-order valence-electron chi connectivity index (χ0n) is 8.50. The van der Waals surface area contributed by atoms with E-state index in [1.807, 2.05) is 13.8 Å². The lowest BCUT2D eigenvalue weighted by Crippen LogP contribution is -2.04. The quantitative estimate of drug-likeness (QED) is 0.728. The van der Waals surface area contributed by atoms with Gasteiger partial charge in [-0.3, -0.25) is 4.79 Å². The molecule has 1 aromatic carbocycles. The smallest absolute Gasteiger partial charge is 0.166 e. The molecule has 14 heavy (non-hydrogen) atoms. The number of ketones is 1. The molecule has 0 heterocycles. The van der Waals surface area contributed by atoms with Gasteiger partial charge in [0.05, 0.1) is 0 Å². The number of carbonyl (C=O) groups is 1. The van der Waals surface area contributed by atoms with Gasteiger partial charge in [-0.1, -0.05) is 0 Å². The predicted molar refractivity (Wildman–Crippen MR) is 54.6 cm³/mol. The van der Waals surface area contributed by atoms with Crippen molar-refractivity contribution in [2.75, 3.05) is 0 Å². The number of carbonyl (C=O) groups excluding carboxylic acids is 1. The van der Waals surface area contributed by atoms with E-state index >= 15 is 0 Å². The Labute approximate surface area is 83.6 Å². The molecule has 2 rings (SSSR count). The van der Waals surface area contributed by atoms with Gasteiger partial charge in [0.2, 0.25) is 0 Å². The molecule has 0 spiro atoms. The number of benzene rings is 1.